The fourth-order valence-electron chi connectivity index (χ4n) is 1.26. The molecule has 1 aliphatic rings. The highest BCUT2D eigenvalue weighted by molar-refractivity contribution is 5.70. The molecule has 1 fully saturated rings. The van der Waals surface area contributed by atoms with Gasteiger partial charge in [-0.1, -0.05) is 0 Å². The van der Waals surface area contributed by atoms with Crippen molar-refractivity contribution in [3.8, 4) is 0 Å². The predicted octanol–water partition coefficient (Wildman–Crippen LogP) is 0.317. The van der Waals surface area contributed by atoms with Gasteiger partial charge in [0.2, 0.25) is 0 Å². The topological polar surface area (TPSA) is 47.6 Å². The maximum atomic E-state index is 11.2. The molecule has 13 heavy (non-hydrogen) atoms. The summed E-state index contributed by atoms with van der Waals surface area (Å²) in [6, 6.07) is 0.125. The van der Waals surface area contributed by atoms with Gasteiger partial charge in [0.15, 0.2) is 0 Å². The number of rotatable bonds is 3. The van der Waals surface area contributed by atoms with Gasteiger partial charge in [0, 0.05) is 12.6 Å². The first kappa shape index (κ1) is 10.5. The highest BCUT2D eigenvalue weighted by atomic mass is 16.5. The minimum absolute atomic E-state index is 0.0305. The van der Waals surface area contributed by atoms with Crippen molar-refractivity contribution in [2.45, 2.75) is 32.4 Å². The van der Waals surface area contributed by atoms with Crippen LogP contribution in [0.3, 0.4) is 0 Å². The van der Waals surface area contributed by atoms with E-state index >= 15 is 0 Å². The van der Waals surface area contributed by atoms with Gasteiger partial charge in [0.05, 0.1) is 25.7 Å². The molecule has 0 amide bonds. The SMILES string of the molecule is CC(C)OC(=O)CC1COCCN1. The van der Waals surface area contributed by atoms with E-state index in [1.54, 1.807) is 0 Å². The Bertz CT molecular complexity index is 164. The minimum Gasteiger partial charge on any atom is -0.463 e. The van der Waals surface area contributed by atoms with Crippen molar-refractivity contribution in [2.75, 3.05) is 19.8 Å². The quantitative estimate of drug-likeness (QED) is 0.646. The first-order valence-electron chi connectivity index (χ1n) is 4.69. The van der Waals surface area contributed by atoms with Crippen LogP contribution in [-0.4, -0.2) is 37.9 Å². The average molecular weight is 187 g/mol. The van der Waals surface area contributed by atoms with E-state index in [2.05, 4.69) is 5.32 Å². The lowest BCUT2D eigenvalue weighted by Crippen LogP contribution is -2.42. The van der Waals surface area contributed by atoms with Gasteiger partial charge < -0.3 is 14.8 Å². The summed E-state index contributed by atoms with van der Waals surface area (Å²) in [6.07, 6.45) is 0.370. The van der Waals surface area contributed by atoms with Gasteiger partial charge in [-0.15, -0.1) is 0 Å². The molecule has 0 aromatic rings. The number of carbonyl (C=O) groups excluding carboxylic acids is 1. The molecular formula is C9H17NO3. The molecule has 1 rings (SSSR count). The van der Waals surface area contributed by atoms with Gasteiger partial charge in [0.1, 0.15) is 0 Å². The maximum Gasteiger partial charge on any atom is 0.307 e. The first-order valence-corrected chi connectivity index (χ1v) is 4.69. The fraction of sp³-hybridized carbons (Fsp3) is 0.889. The van der Waals surface area contributed by atoms with E-state index in [9.17, 15) is 4.79 Å². The second-order valence-electron chi connectivity index (χ2n) is 3.47. The Balaban J connectivity index is 2.18. The summed E-state index contributed by atoms with van der Waals surface area (Å²) in [7, 11) is 0. The monoisotopic (exact) mass is 187 g/mol. The Labute approximate surface area is 78.6 Å². The van der Waals surface area contributed by atoms with Crippen LogP contribution in [0.1, 0.15) is 20.3 Å². The smallest absolute Gasteiger partial charge is 0.307 e. The Morgan fingerprint density at radius 1 is 1.69 bits per heavy atom. The second-order valence-corrected chi connectivity index (χ2v) is 3.47. The molecule has 4 heteroatoms. The van der Waals surface area contributed by atoms with Crippen LogP contribution in [0.2, 0.25) is 0 Å². The molecule has 1 unspecified atom stereocenters. The van der Waals surface area contributed by atoms with Gasteiger partial charge in [-0.2, -0.15) is 0 Å². The summed E-state index contributed by atoms with van der Waals surface area (Å²) in [5, 5.41) is 3.20. The molecule has 1 saturated heterocycles. The van der Waals surface area contributed by atoms with Crippen molar-refractivity contribution in [3.05, 3.63) is 0 Å². The molecule has 1 atom stereocenters. The highest BCUT2D eigenvalue weighted by Crippen LogP contribution is 2.01. The number of ether oxygens (including phenoxy) is 2. The Morgan fingerprint density at radius 3 is 3.00 bits per heavy atom. The summed E-state index contributed by atoms with van der Waals surface area (Å²) in [4.78, 5) is 11.2. The van der Waals surface area contributed by atoms with E-state index in [0.717, 1.165) is 13.2 Å². The summed E-state index contributed by atoms with van der Waals surface area (Å²) in [5.41, 5.74) is 0. The van der Waals surface area contributed by atoms with Crippen molar-refractivity contribution < 1.29 is 14.3 Å². The molecule has 0 spiro atoms. The number of carbonyl (C=O) groups is 1. The van der Waals surface area contributed by atoms with E-state index < -0.39 is 0 Å². The van der Waals surface area contributed by atoms with Crippen LogP contribution in [0.15, 0.2) is 0 Å². The molecule has 0 radical (unpaired) electrons. The Kier molecular flexibility index (Phi) is 4.18. The van der Waals surface area contributed by atoms with Crippen molar-refractivity contribution in [1.82, 2.24) is 5.32 Å². The van der Waals surface area contributed by atoms with Gasteiger partial charge >= 0.3 is 5.97 Å². The zero-order valence-corrected chi connectivity index (χ0v) is 8.21. The van der Waals surface area contributed by atoms with Crippen LogP contribution in [0, 0.1) is 0 Å². The van der Waals surface area contributed by atoms with Gasteiger partial charge in [-0.05, 0) is 13.8 Å². The van der Waals surface area contributed by atoms with Crippen LogP contribution in [0.25, 0.3) is 0 Å². The van der Waals surface area contributed by atoms with Crippen LogP contribution >= 0.6 is 0 Å². The largest absolute Gasteiger partial charge is 0.463 e. The van der Waals surface area contributed by atoms with Gasteiger partial charge in [-0.25, -0.2) is 0 Å². The average Bonchev–Trinajstić information content (AvgIpc) is 2.04. The molecule has 0 saturated carbocycles. The number of esters is 1. The van der Waals surface area contributed by atoms with Crippen molar-refractivity contribution in [3.63, 3.8) is 0 Å². The lowest BCUT2D eigenvalue weighted by atomic mass is 10.2. The summed E-state index contributed by atoms with van der Waals surface area (Å²) in [5.74, 6) is -0.155. The number of morpholine rings is 1. The summed E-state index contributed by atoms with van der Waals surface area (Å²) in [6.45, 7) is 5.86. The van der Waals surface area contributed by atoms with E-state index in [-0.39, 0.29) is 18.1 Å². The van der Waals surface area contributed by atoms with E-state index in [4.69, 9.17) is 9.47 Å². The highest BCUT2D eigenvalue weighted by Gasteiger charge is 2.17. The number of hydrogen-bond donors (Lipinski definition) is 1. The predicted molar refractivity (Wildman–Crippen MR) is 48.5 cm³/mol. The van der Waals surface area contributed by atoms with Crippen LogP contribution < -0.4 is 5.32 Å². The molecule has 4 nitrogen and oxygen atoms in total. The first-order chi connectivity index (χ1) is 6.18. The fourth-order valence-corrected chi connectivity index (χ4v) is 1.26. The molecule has 76 valence electrons. The third-order valence-corrected chi connectivity index (χ3v) is 1.78. The van der Waals surface area contributed by atoms with Crippen LogP contribution in [0.5, 0.6) is 0 Å². The van der Waals surface area contributed by atoms with Crippen molar-refractivity contribution in [2.24, 2.45) is 0 Å². The minimum atomic E-state index is -0.155. The molecule has 1 heterocycles. The maximum absolute atomic E-state index is 11.2. The molecule has 0 aromatic heterocycles. The standard InChI is InChI=1S/C9H17NO3/c1-7(2)13-9(11)5-8-6-12-4-3-10-8/h7-8,10H,3-6H2,1-2H3. The summed E-state index contributed by atoms with van der Waals surface area (Å²) < 4.78 is 10.2. The zero-order chi connectivity index (χ0) is 9.68. The normalized spacial score (nSPS) is 23.2. The lowest BCUT2D eigenvalue weighted by molar-refractivity contribution is -0.148. The number of nitrogens with one attached hydrogen (secondary N) is 1. The van der Waals surface area contributed by atoms with Gasteiger partial charge in [0.25, 0.3) is 0 Å². The summed E-state index contributed by atoms with van der Waals surface area (Å²) >= 11 is 0. The van der Waals surface area contributed by atoms with E-state index in [0.29, 0.717) is 13.0 Å². The van der Waals surface area contributed by atoms with Crippen LogP contribution in [0.4, 0.5) is 0 Å². The molecule has 0 aliphatic carbocycles. The second kappa shape index (κ2) is 5.19. The molecule has 1 aliphatic heterocycles. The molecule has 1 N–H and O–H groups in total. The molecular weight excluding hydrogens is 170 g/mol. The van der Waals surface area contributed by atoms with Gasteiger partial charge in [-0.3, -0.25) is 4.79 Å². The van der Waals surface area contributed by atoms with E-state index in [1.807, 2.05) is 13.8 Å². The third-order valence-electron chi connectivity index (χ3n) is 1.78. The van der Waals surface area contributed by atoms with Crippen LogP contribution in [-0.2, 0) is 14.3 Å². The molecule has 0 bridgehead atoms. The zero-order valence-electron chi connectivity index (χ0n) is 8.21. The Hall–Kier alpha value is -0.610. The number of hydrogen-bond acceptors (Lipinski definition) is 4. The van der Waals surface area contributed by atoms with Crippen molar-refractivity contribution >= 4 is 5.97 Å². The molecule has 0 aromatic carbocycles. The lowest BCUT2D eigenvalue weighted by Gasteiger charge is -2.23. The van der Waals surface area contributed by atoms with Crippen molar-refractivity contribution in [1.29, 1.82) is 0 Å². The Morgan fingerprint density at radius 2 is 2.46 bits per heavy atom. The van der Waals surface area contributed by atoms with E-state index in [1.165, 1.54) is 0 Å². The third kappa shape index (κ3) is 4.24.